The molecule has 0 heteroatoms. The highest BCUT2D eigenvalue weighted by molar-refractivity contribution is 6.22. The zero-order chi connectivity index (χ0) is 33.2. The van der Waals surface area contributed by atoms with Crippen molar-refractivity contribution in [2.24, 2.45) is 29.6 Å². The van der Waals surface area contributed by atoms with Gasteiger partial charge in [0.05, 0.1) is 0 Å². The fourth-order valence-corrected chi connectivity index (χ4v) is 12.2. The molecule has 4 bridgehead atoms. The lowest BCUT2D eigenvalue weighted by molar-refractivity contribution is -0.0424. The van der Waals surface area contributed by atoms with Crippen LogP contribution in [0.5, 0.6) is 0 Å². The van der Waals surface area contributed by atoms with Crippen LogP contribution in [0, 0.1) is 29.6 Å². The standard InChI is InChI=1S/C51H40/c1-2-11-34-28-35(18-17-32(34)9-1)48-40-13-5-7-15-42(40)49(43-16-8-6-14-41(43)48)36-20-21-44-46(29-36)50-39-12-4-3-10-33(39)19-22-45(50)51(44)47-37-24-30-23-31(26-37)27-38(47)25-30/h1-22,28-31,37-38,47,51H,23-27H2. The Labute approximate surface area is 299 Å². The Hall–Kier alpha value is -5.20. The summed E-state index contributed by atoms with van der Waals surface area (Å²) in [6.07, 6.45) is 7.36. The summed E-state index contributed by atoms with van der Waals surface area (Å²) < 4.78 is 0. The summed E-state index contributed by atoms with van der Waals surface area (Å²) in [5.41, 5.74) is 11.5. The summed E-state index contributed by atoms with van der Waals surface area (Å²) in [5, 5.41) is 10.6. The van der Waals surface area contributed by atoms with Crippen molar-refractivity contribution < 1.29 is 0 Å². The lowest BCUT2D eigenvalue weighted by Gasteiger charge is -2.56. The van der Waals surface area contributed by atoms with E-state index in [1.165, 1.54) is 109 Å². The minimum absolute atomic E-state index is 0.507. The van der Waals surface area contributed by atoms with Crippen LogP contribution in [0.25, 0.3) is 76.5 Å². The molecule has 244 valence electrons. The van der Waals surface area contributed by atoms with E-state index in [2.05, 4.69) is 146 Å². The predicted octanol–water partition coefficient (Wildman–Crippen LogP) is 13.8. The highest BCUT2D eigenvalue weighted by Crippen LogP contribution is 2.64. The molecule has 0 heterocycles. The number of hydrogen-bond acceptors (Lipinski definition) is 0. The molecule has 0 aromatic heterocycles. The van der Waals surface area contributed by atoms with E-state index >= 15 is 0 Å². The molecule has 0 spiro atoms. The molecular formula is C51H40. The normalized spacial score (nSPS) is 24.5. The molecule has 0 saturated heterocycles. The monoisotopic (exact) mass is 652 g/mol. The Balaban J connectivity index is 1.10. The average Bonchev–Trinajstić information content (AvgIpc) is 3.50. The van der Waals surface area contributed by atoms with Crippen molar-refractivity contribution in [3.8, 4) is 33.4 Å². The van der Waals surface area contributed by atoms with Gasteiger partial charge < -0.3 is 0 Å². The van der Waals surface area contributed by atoms with Crippen LogP contribution in [0.2, 0.25) is 0 Å². The zero-order valence-corrected chi connectivity index (χ0v) is 28.9. The summed E-state index contributed by atoms with van der Waals surface area (Å²) in [6, 6.07) is 55.7. The lowest BCUT2D eigenvalue weighted by Crippen LogP contribution is -2.47. The van der Waals surface area contributed by atoms with Crippen LogP contribution >= 0.6 is 0 Å². The van der Waals surface area contributed by atoms with E-state index in [-0.39, 0.29) is 0 Å². The molecule has 13 rings (SSSR count). The molecular weight excluding hydrogens is 613 g/mol. The molecule has 8 aromatic carbocycles. The van der Waals surface area contributed by atoms with Gasteiger partial charge in [0.15, 0.2) is 0 Å². The van der Waals surface area contributed by atoms with E-state index in [0.29, 0.717) is 5.92 Å². The molecule has 51 heavy (non-hydrogen) atoms. The average molecular weight is 653 g/mol. The zero-order valence-electron chi connectivity index (χ0n) is 28.9. The van der Waals surface area contributed by atoms with Gasteiger partial charge >= 0.3 is 0 Å². The quantitative estimate of drug-likeness (QED) is 0.167. The fourth-order valence-electron chi connectivity index (χ4n) is 12.2. The van der Waals surface area contributed by atoms with Gasteiger partial charge in [0, 0.05) is 5.92 Å². The van der Waals surface area contributed by atoms with Crippen LogP contribution in [-0.2, 0) is 0 Å². The Bertz CT molecular complexity index is 2640. The molecule has 0 aliphatic heterocycles. The maximum Gasteiger partial charge on any atom is 0.0135 e. The molecule has 0 nitrogen and oxygen atoms in total. The third-order valence-corrected chi connectivity index (χ3v) is 13.9. The van der Waals surface area contributed by atoms with Crippen LogP contribution in [0.15, 0.2) is 146 Å². The van der Waals surface area contributed by atoms with Gasteiger partial charge in [-0.05, 0) is 161 Å². The largest absolute Gasteiger partial charge is 0.0616 e. The van der Waals surface area contributed by atoms with Crippen molar-refractivity contribution in [1.82, 2.24) is 0 Å². The third-order valence-electron chi connectivity index (χ3n) is 13.9. The van der Waals surface area contributed by atoms with Gasteiger partial charge in [-0.25, -0.2) is 0 Å². The molecule has 0 amide bonds. The molecule has 5 aliphatic carbocycles. The highest BCUT2D eigenvalue weighted by atomic mass is 14.6. The highest BCUT2D eigenvalue weighted by Gasteiger charge is 2.52. The van der Waals surface area contributed by atoms with E-state index in [4.69, 9.17) is 0 Å². The molecule has 5 aliphatic rings. The van der Waals surface area contributed by atoms with Crippen LogP contribution in [0.4, 0.5) is 0 Å². The number of fused-ring (bicyclic) bond motifs is 8. The summed E-state index contributed by atoms with van der Waals surface area (Å²) in [6.45, 7) is 0. The SMILES string of the molecule is c1ccc2cc(-c3c4ccccc4c(-c4ccc5c(c4)-c4c(ccc6ccccc46)C5C4C5CC6CC(C5)CC4C6)c4ccccc34)ccc2c1. The molecule has 0 radical (unpaired) electrons. The van der Waals surface area contributed by atoms with Crippen molar-refractivity contribution in [3.63, 3.8) is 0 Å². The summed E-state index contributed by atoms with van der Waals surface area (Å²) >= 11 is 0. The second kappa shape index (κ2) is 10.7. The Kier molecular flexibility index (Phi) is 5.95. The van der Waals surface area contributed by atoms with Gasteiger partial charge in [0.2, 0.25) is 0 Å². The minimum atomic E-state index is 0.507. The smallest absolute Gasteiger partial charge is 0.0135 e. The minimum Gasteiger partial charge on any atom is -0.0616 e. The first-order valence-corrected chi connectivity index (χ1v) is 19.4. The Morgan fingerprint density at radius 1 is 0.353 bits per heavy atom. The van der Waals surface area contributed by atoms with Crippen molar-refractivity contribution >= 4 is 43.1 Å². The first-order valence-electron chi connectivity index (χ1n) is 19.4. The molecule has 4 fully saturated rings. The van der Waals surface area contributed by atoms with Gasteiger partial charge in [-0.15, -0.1) is 0 Å². The summed E-state index contributed by atoms with van der Waals surface area (Å²) in [5.74, 6) is 5.02. The van der Waals surface area contributed by atoms with Gasteiger partial charge in [-0.3, -0.25) is 0 Å². The van der Waals surface area contributed by atoms with E-state index in [9.17, 15) is 0 Å². The second-order valence-electron chi connectivity index (χ2n) is 16.4. The van der Waals surface area contributed by atoms with E-state index in [0.717, 1.165) is 29.6 Å². The molecule has 4 saturated carbocycles. The number of rotatable bonds is 3. The molecule has 1 atom stereocenters. The number of benzene rings is 8. The Morgan fingerprint density at radius 3 is 1.49 bits per heavy atom. The molecule has 0 N–H and O–H groups in total. The van der Waals surface area contributed by atoms with E-state index in [1.807, 2.05) is 0 Å². The third kappa shape index (κ3) is 4.08. The first kappa shape index (κ1) is 28.5. The Morgan fingerprint density at radius 2 is 0.843 bits per heavy atom. The van der Waals surface area contributed by atoms with Crippen molar-refractivity contribution in [3.05, 3.63) is 157 Å². The maximum absolute atomic E-state index is 2.60. The van der Waals surface area contributed by atoms with Crippen molar-refractivity contribution in [2.75, 3.05) is 0 Å². The summed E-state index contributed by atoms with van der Waals surface area (Å²) in [7, 11) is 0. The molecule has 8 aromatic rings. The van der Waals surface area contributed by atoms with Gasteiger partial charge in [0.1, 0.15) is 0 Å². The first-order chi connectivity index (χ1) is 25.3. The lowest BCUT2D eigenvalue weighted by atomic mass is 9.49. The van der Waals surface area contributed by atoms with E-state index < -0.39 is 0 Å². The van der Waals surface area contributed by atoms with Crippen LogP contribution in [0.3, 0.4) is 0 Å². The summed E-state index contributed by atoms with van der Waals surface area (Å²) in [4.78, 5) is 0. The van der Waals surface area contributed by atoms with Crippen LogP contribution in [-0.4, -0.2) is 0 Å². The topological polar surface area (TPSA) is 0 Å². The fraction of sp³-hybridized carbons (Fsp3) is 0.216. The van der Waals surface area contributed by atoms with Gasteiger partial charge in [-0.2, -0.15) is 0 Å². The number of hydrogen-bond donors (Lipinski definition) is 0. The maximum atomic E-state index is 2.60. The van der Waals surface area contributed by atoms with Crippen molar-refractivity contribution in [1.29, 1.82) is 0 Å². The van der Waals surface area contributed by atoms with Gasteiger partial charge in [-0.1, -0.05) is 133 Å². The van der Waals surface area contributed by atoms with Crippen molar-refractivity contribution in [2.45, 2.75) is 38.0 Å². The van der Waals surface area contributed by atoms with Crippen LogP contribution < -0.4 is 0 Å². The van der Waals surface area contributed by atoms with Crippen LogP contribution in [0.1, 0.15) is 49.1 Å². The molecule has 1 unspecified atom stereocenters. The van der Waals surface area contributed by atoms with Gasteiger partial charge in [0.25, 0.3) is 0 Å². The van der Waals surface area contributed by atoms with E-state index in [1.54, 1.807) is 11.1 Å². The second-order valence-corrected chi connectivity index (χ2v) is 16.4. The predicted molar refractivity (Wildman–Crippen MR) is 215 cm³/mol.